The van der Waals surface area contributed by atoms with E-state index in [2.05, 4.69) is 29.1 Å². The van der Waals surface area contributed by atoms with E-state index in [0.29, 0.717) is 43.5 Å². The predicted octanol–water partition coefficient (Wildman–Crippen LogP) is 1.79. The van der Waals surface area contributed by atoms with E-state index in [1.54, 1.807) is 7.05 Å². The van der Waals surface area contributed by atoms with Crippen molar-refractivity contribution >= 4 is 53.5 Å². The van der Waals surface area contributed by atoms with Crippen molar-refractivity contribution in [2.45, 2.75) is 38.4 Å². The normalized spacial score (nSPS) is 22.7. The highest BCUT2D eigenvalue weighted by atomic mass is 127. The Kier molecular flexibility index (Phi) is 9.40. The van der Waals surface area contributed by atoms with Crippen LogP contribution in [0.3, 0.4) is 0 Å². The first-order valence-electron chi connectivity index (χ1n) is 8.43. The average molecular weight is 468 g/mol. The Morgan fingerprint density at radius 2 is 2.00 bits per heavy atom. The lowest BCUT2D eigenvalue weighted by atomic mass is 10.1. The SMILES string of the molecule is CN=C(NCCN1C(=O)CCCC1=O)N1CCSC(C(C)C)C1.I. The molecule has 0 bridgehead atoms. The van der Waals surface area contributed by atoms with Crippen LogP contribution in [0.5, 0.6) is 0 Å². The van der Waals surface area contributed by atoms with Crippen LogP contribution in [0.15, 0.2) is 4.99 Å². The largest absolute Gasteiger partial charge is 0.354 e. The zero-order valence-electron chi connectivity index (χ0n) is 14.8. The molecule has 0 aromatic heterocycles. The number of nitrogens with zero attached hydrogens (tertiary/aromatic N) is 3. The van der Waals surface area contributed by atoms with Gasteiger partial charge >= 0.3 is 0 Å². The van der Waals surface area contributed by atoms with Crippen molar-refractivity contribution < 1.29 is 9.59 Å². The fraction of sp³-hybridized carbons (Fsp3) is 0.812. The molecule has 1 unspecified atom stereocenters. The van der Waals surface area contributed by atoms with Crippen LogP contribution in [0.4, 0.5) is 0 Å². The molecule has 24 heavy (non-hydrogen) atoms. The van der Waals surface area contributed by atoms with Crippen LogP contribution < -0.4 is 5.32 Å². The number of nitrogens with one attached hydrogen (secondary N) is 1. The maximum Gasteiger partial charge on any atom is 0.229 e. The van der Waals surface area contributed by atoms with Crippen LogP contribution in [0.1, 0.15) is 33.1 Å². The Labute approximate surface area is 166 Å². The molecule has 138 valence electrons. The molecule has 2 aliphatic rings. The number of halogens is 1. The van der Waals surface area contributed by atoms with Crippen LogP contribution in [-0.4, -0.2) is 71.8 Å². The molecule has 2 rings (SSSR count). The summed E-state index contributed by atoms with van der Waals surface area (Å²) in [6, 6.07) is 0. The van der Waals surface area contributed by atoms with Crippen LogP contribution >= 0.6 is 35.7 Å². The lowest BCUT2D eigenvalue weighted by Crippen LogP contribution is -2.51. The standard InChI is InChI=1S/C16H28N4O2S.HI/c1-12(2)13-11-19(9-10-23-13)16(17-3)18-7-8-20-14(21)5-4-6-15(20)22;/h12-13H,4-11H2,1-3H3,(H,17,18);1H. The number of imide groups is 1. The summed E-state index contributed by atoms with van der Waals surface area (Å²) in [7, 11) is 1.78. The molecule has 2 heterocycles. The number of thioether (sulfide) groups is 1. The smallest absolute Gasteiger partial charge is 0.229 e. The third-order valence-corrected chi connectivity index (χ3v) is 5.89. The van der Waals surface area contributed by atoms with E-state index in [1.807, 2.05) is 11.8 Å². The second kappa shape index (κ2) is 10.5. The van der Waals surface area contributed by atoms with Crippen LogP contribution in [-0.2, 0) is 9.59 Å². The molecule has 6 nitrogen and oxygen atoms in total. The van der Waals surface area contributed by atoms with Gasteiger partial charge in [-0.05, 0) is 12.3 Å². The van der Waals surface area contributed by atoms with E-state index in [4.69, 9.17) is 0 Å². The lowest BCUT2D eigenvalue weighted by Gasteiger charge is -2.36. The van der Waals surface area contributed by atoms with E-state index in [9.17, 15) is 9.59 Å². The number of rotatable bonds is 4. The number of hydrogen-bond acceptors (Lipinski definition) is 4. The third kappa shape index (κ3) is 5.79. The molecule has 2 amide bonds. The van der Waals surface area contributed by atoms with Crippen LogP contribution in [0.25, 0.3) is 0 Å². The molecule has 2 aliphatic heterocycles. The molecule has 0 aromatic carbocycles. The number of hydrogen-bond donors (Lipinski definition) is 1. The minimum absolute atomic E-state index is 0. The van der Waals surface area contributed by atoms with Gasteiger partial charge in [-0.15, -0.1) is 24.0 Å². The Hall–Kier alpha value is -0.510. The molecular weight excluding hydrogens is 439 g/mol. The van der Waals surface area contributed by atoms with Gasteiger partial charge in [-0.25, -0.2) is 0 Å². The molecule has 0 spiro atoms. The number of guanidine groups is 1. The second-order valence-electron chi connectivity index (χ2n) is 6.37. The van der Waals surface area contributed by atoms with E-state index in [1.165, 1.54) is 4.90 Å². The van der Waals surface area contributed by atoms with E-state index < -0.39 is 0 Å². The molecule has 2 saturated heterocycles. The summed E-state index contributed by atoms with van der Waals surface area (Å²) < 4.78 is 0. The first-order valence-corrected chi connectivity index (χ1v) is 9.48. The monoisotopic (exact) mass is 468 g/mol. The molecule has 0 aliphatic carbocycles. The zero-order valence-corrected chi connectivity index (χ0v) is 17.9. The summed E-state index contributed by atoms with van der Waals surface area (Å²) in [6.07, 6.45) is 1.66. The van der Waals surface area contributed by atoms with Gasteiger partial charge in [0.25, 0.3) is 0 Å². The average Bonchev–Trinajstić information content (AvgIpc) is 2.54. The minimum Gasteiger partial charge on any atom is -0.354 e. The Morgan fingerprint density at radius 1 is 1.33 bits per heavy atom. The summed E-state index contributed by atoms with van der Waals surface area (Å²) in [4.78, 5) is 31.6. The Morgan fingerprint density at radius 3 is 2.58 bits per heavy atom. The molecule has 0 radical (unpaired) electrons. The summed E-state index contributed by atoms with van der Waals surface area (Å²) in [6.45, 7) is 7.46. The number of piperidine rings is 1. The van der Waals surface area contributed by atoms with Crippen molar-refractivity contribution in [1.82, 2.24) is 15.1 Å². The summed E-state index contributed by atoms with van der Waals surface area (Å²) in [5.41, 5.74) is 0. The van der Waals surface area contributed by atoms with Gasteiger partial charge in [-0.2, -0.15) is 11.8 Å². The summed E-state index contributed by atoms with van der Waals surface area (Å²) in [5, 5.41) is 3.93. The Bertz CT molecular complexity index is 457. The van der Waals surface area contributed by atoms with Crippen molar-refractivity contribution in [1.29, 1.82) is 0 Å². The van der Waals surface area contributed by atoms with Crippen LogP contribution in [0, 0.1) is 5.92 Å². The van der Waals surface area contributed by atoms with E-state index >= 15 is 0 Å². The van der Waals surface area contributed by atoms with Crippen LogP contribution in [0.2, 0.25) is 0 Å². The number of aliphatic imine (C=N–C) groups is 1. The highest BCUT2D eigenvalue weighted by molar-refractivity contribution is 14.0. The molecule has 1 atom stereocenters. The van der Waals surface area contributed by atoms with Gasteiger partial charge < -0.3 is 10.2 Å². The predicted molar refractivity (Wildman–Crippen MR) is 110 cm³/mol. The molecule has 0 aromatic rings. The maximum absolute atomic E-state index is 11.8. The Balaban J connectivity index is 0.00000288. The van der Waals surface area contributed by atoms with E-state index in [0.717, 1.165) is 24.8 Å². The number of likely N-dealkylation sites (tertiary alicyclic amines) is 1. The number of carbonyl (C=O) groups is 2. The van der Waals surface area contributed by atoms with Gasteiger partial charge in [-0.3, -0.25) is 19.5 Å². The fourth-order valence-electron chi connectivity index (χ4n) is 2.93. The quantitative estimate of drug-likeness (QED) is 0.295. The summed E-state index contributed by atoms with van der Waals surface area (Å²) >= 11 is 2.03. The number of amides is 2. The lowest BCUT2D eigenvalue weighted by molar-refractivity contribution is -0.147. The van der Waals surface area contributed by atoms with Gasteiger partial charge in [0.2, 0.25) is 11.8 Å². The molecule has 2 fully saturated rings. The third-order valence-electron chi connectivity index (χ3n) is 4.35. The second-order valence-corrected chi connectivity index (χ2v) is 7.71. The topological polar surface area (TPSA) is 65.0 Å². The van der Waals surface area contributed by atoms with E-state index in [-0.39, 0.29) is 35.8 Å². The zero-order chi connectivity index (χ0) is 16.8. The minimum atomic E-state index is -0.0488. The van der Waals surface area contributed by atoms with Crippen molar-refractivity contribution in [2.24, 2.45) is 10.9 Å². The first-order chi connectivity index (χ1) is 11.0. The molecule has 0 saturated carbocycles. The van der Waals surface area contributed by atoms with Crippen molar-refractivity contribution in [2.75, 3.05) is 39.0 Å². The fourth-order valence-corrected chi connectivity index (χ4v) is 4.23. The van der Waals surface area contributed by atoms with Gasteiger partial charge in [0.05, 0.1) is 0 Å². The van der Waals surface area contributed by atoms with Crippen molar-refractivity contribution in [3.8, 4) is 0 Å². The molecule has 8 heteroatoms. The van der Waals surface area contributed by atoms with Gasteiger partial charge in [0.1, 0.15) is 0 Å². The van der Waals surface area contributed by atoms with Gasteiger partial charge in [0, 0.05) is 57.1 Å². The highest BCUT2D eigenvalue weighted by Crippen LogP contribution is 2.24. The first kappa shape index (κ1) is 21.5. The molecular formula is C16H29IN4O2S. The van der Waals surface area contributed by atoms with Crippen molar-refractivity contribution in [3.05, 3.63) is 0 Å². The maximum atomic E-state index is 11.8. The number of carbonyl (C=O) groups excluding carboxylic acids is 2. The summed E-state index contributed by atoms with van der Waals surface area (Å²) in [5.74, 6) is 2.52. The van der Waals surface area contributed by atoms with Gasteiger partial charge in [-0.1, -0.05) is 13.8 Å². The highest BCUT2D eigenvalue weighted by Gasteiger charge is 2.27. The van der Waals surface area contributed by atoms with Crippen molar-refractivity contribution in [3.63, 3.8) is 0 Å². The molecule has 1 N–H and O–H groups in total. The van der Waals surface area contributed by atoms with Gasteiger partial charge in [0.15, 0.2) is 5.96 Å².